The Morgan fingerprint density at radius 3 is 2.38 bits per heavy atom. The number of benzene rings is 2. The summed E-state index contributed by atoms with van der Waals surface area (Å²) in [5.41, 5.74) is 2.37. The molecule has 2 rings (SSSR count). The molecular formula is C25H34ClN3O4S. The number of anilines is 1. The van der Waals surface area contributed by atoms with Crippen molar-refractivity contribution in [3.63, 3.8) is 0 Å². The van der Waals surface area contributed by atoms with Crippen LogP contribution in [0, 0.1) is 6.92 Å². The molecule has 0 bridgehead atoms. The predicted octanol–water partition coefficient (Wildman–Crippen LogP) is 4.14. The van der Waals surface area contributed by atoms with E-state index in [0.29, 0.717) is 23.7 Å². The van der Waals surface area contributed by atoms with Crippen molar-refractivity contribution in [1.29, 1.82) is 0 Å². The predicted molar refractivity (Wildman–Crippen MR) is 137 cm³/mol. The van der Waals surface area contributed by atoms with Crippen LogP contribution in [0.15, 0.2) is 48.5 Å². The number of hydrogen-bond donors (Lipinski definition) is 1. The Bertz CT molecular complexity index is 1070. The van der Waals surface area contributed by atoms with E-state index < -0.39 is 16.1 Å². The minimum Gasteiger partial charge on any atom is -0.354 e. The van der Waals surface area contributed by atoms with Gasteiger partial charge >= 0.3 is 0 Å². The minimum atomic E-state index is -3.51. The average Bonchev–Trinajstić information content (AvgIpc) is 2.78. The zero-order chi connectivity index (χ0) is 25.3. The maximum absolute atomic E-state index is 13.2. The van der Waals surface area contributed by atoms with E-state index in [1.807, 2.05) is 32.0 Å². The standard InChI is InChI=1S/C25H34ClN3O4S/c1-5-15-27-25(31)20(3)28(18-21-11-13-22(26)14-12-21)24(30)10-7-16-29(34(4,32)33)23-9-6-8-19(2)17-23/h6,8-9,11-14,17,20H,5,7,10,15-16,18H2,1-4H3,(H,27,31). The molecule has 0 heterocycles. The number of sulfonamides is 1. The number of hydrogen-bond acceptors (Lipinski definition) is 4. The largest absolute Gasteiger partial charge is 0.354 e. The summed E-state index contributed by atoms with van der Waals surface area (Å²) in [4.78, 5) is 27.4. The number of nitrogens with one attached hydrogen (secondary N) is 1. The first-order valence-corrected chi connectivity index (χ1v) is 13.6. The Kier molecular flexibility index (Phi) is 10.4. The van der Waals surface area contributed by atoms with E-state index in [1.165, 1.54) is 9.21 Å². The van der Waals surface area contributed by atoms with Crippen LogP contribution in [0.2, 0.25) is 5.02 Å². The van der Waals surface area contributed by atoms with Crippen LogP contribution in [0.5, 0.6) is 0 Å². The molecule has 7 nitrogen and oxygen atoms in total. The zero-order valence-corrected chi connectivity index (χ0v) is 21.8. The molecule has 0 saturated heterocycles. The van der Waals surface area contributed by atoms with Gasteiger partial charge in [0.05, 0.1) is 11.9 Å². The van der Waals surface area contributed by atoms with Crippen molar-refractivity contribution >= 4 is 39.1 Å². The number of amides is 2. The molecule has 34 heavy (non-hydrogen) atoms. The van der Waals surface area contributed by atoms with Gasteiger partial charge < -0.3 is 10.2 Å². The second kappa shape index (κ2) is 12.8. The van der Waals surface area contributed by atoms with Gasteiger partial charge in [-0.1, -0.05) is 42.8 Å². The van der Waals surface area contributed by atoms with Gasteiger partial charge in [-0.25, -0.2) is 8.42 Å². The number of carbonyl (C=O) groups excluding carboxylic acids is 2. The van der Waals surface area contributed by atoms with Gasteiger partial charge in [0.25, 0.3) is 0 Å². The summed E-state index contributed by atoms with van der Waals surface area (Å²) in [6.45, 7) is 6.51. The Morgan fingerprint density at radius 2 is 1.79 bits per heavy atom. The summed E-state index contributed by atoms with van der Waals surface area (Å²) in [7, 11) is -3.51. The molecule has 2 aromatic rings. The van der Waals surface area contributed by atoms with Crippen molar-refractivity contribution in [1.82, 2.24) is 10.2 Å². The summed E-state index contributed by atoms with van der Waals surface area (Å²) in [6.07, 6.45) is 2.38. The van der Waals surface area contributed by atoms with Gasteiger partial charge in [0.2, 0.25) is 21.8 Å². The Labute approximate surface area is 208 Å². The van der Waals surface area contributed by atoms with Gasteiger partial charge in [-0.2, -0.15) is 0 Å². The second-order valence-electron chi connectivity index (χ2n) is 8.39. The Hall–Kier alpha value is -2.58. The lowest BCUT2D eigenvalue weighted by Crippen LogP contribution is -2.47. The molecule has 186 valence electrons. The van der Waals surface area contributed by atoms with E-state index in [-0.39, 0.29) is 31.3 Å². The summed E-state index contributed by atoms with van der Waals surface area (Å²) >= 11 is 5.98. The maximum atomic E-state index is 13.2. The lowest BCUT2D eigenvalue weighted by atomic mass is 10.1. The van der Waals surface area contributed by atoms with E-state index in [4.69, 9.17) is 11.6 Å². The summed E-state index contributed by atoms with van der Waals surface area (Å²) < 4.78 is 26.1. The first kappa shape index (κ1) is 27.7. The number of carbonyl (C=O) groups is 2. The van der Waals surface area contributed by atoms with Crippen LogP contribution in [0.25, 0.3) is 0 Å². The van der Waals surface area contributed by atoms with Gasteiger partial charge in [0.15, 0.2) is 0 Å². The second-order valence-corrected chi connectivity index (χ2v) is 10.7. The molecular weight excluding hydrogens is 474 g/mol. The van der Waals surface area contributed by atoms with Crippen LogP contribution in [0.3, 0.4) is 0 Å². The molecule has 2 amide bonds. The van der Waals surface area contributed by atoms with Crippen LogP contribution in [-0.4, -0.2) is 50.5 Å². The molecule has 2 aromatic carbocycles. The fourth-order valence-corrected chi connectivity index (χ4v) is 4.64. The lowest BCUT2D eigenvalue weighted by molar-refractivity contribution is -0.140. The average molecular weight is 508 g/mol. The van der Waals surface area contributed by atoms with E-state index in [1.54, 1.807) is 37.3 Å². The summed E-state index contributed by atoms with van der Waals surface area (Å²) in [6, 6.07) is 13.7. The van der Waals surface area contributed by atoms with Crippen LogP contribution in [-0.2, 0) is 26.2 Å². The molecule has 0 aliphatic carbocycles. The van der Waals surface area contributed by atoms with Crippen molar-refractivity contribution in [2.75, 3.05) is 23.7 Å². The van der Waals surface area contributed by atoms with Crippen molar-refractivity contribution in [3.05, 3.63) is 64.7 Å². The van der Waals surface area contributed by atoms with Crippen LogP contribution < -0.4 is 9.62 Å². The third kappa shape index (κ3) is 8.33. The van der Waals surface area contributed by atoms with Crippen molar-refractivity contribution < 1.29 is 18.0 Å². The normalized spacial score (nSPS) is 12.1. The van der Waals surface area contributed by atoms with Gasteiger partial charge in [-0.3, -0.25) is 13.9 Å². The van der Waals surface area contributed by atoms with E-state index >= 15 is 0 Å². The minimum absolute atomic E-state index is 0.108. The highest BCUT2D eigenvalue weighted by Crippen LogP contribution is 2.20. The smallest absolute Gasteiger partial charge is 0.242 e. The topological polar surface area (TPSA) is 86.8 Å². The van der Waals surface area contributed by atoms with Gasteiger partial charge in [-0.15, -0.1) is 0 Å². The molecule has 1 unspecified atom stereocenters. The highest BCUT2D eigenvalue weighted by atomic mass is 35.5. The van der Waals surface area contributed by atoms with Crippen molar-refractivity contribution in [2.45, 2.75) is 52.6 Å². The van der Waals surface area contributed by atoms with Crippen molar-refractivity contribution in [2.24, 2.45) is 0 Å². The van der Waals surface area contributed by atoms with E-state index in [0.717, 1.165) is 23.8 Å². The summed E-state index contributed by atoms with van der Waals surface area (Å²) in [5, 5.41) is 3.43. The van der Waals surface area contributed by atoms with Gasteiger partial charge in [0.1, 0.15) is 6.04 Å². The first-order valence-electron chi connectivity index (χ1n) is 11.4. The third-order valence-corrected chi connectivity index (χ3v) is 6.87. The third-order valence-electron chi connectivity index (χ3n) is 5.42. The Morgan fingerprint density at radius 1 is 1.12 bits per heavy atom. The monoisotopic (exact) mass is 507 g/mol. The van der Waals surface area contributed by atoms with E-state index in [2.05, 4.69) is 5.32 Å². The Balaban J connectivity index is 2.14. The molecule has 0 aliphatic heterocycles. The number of nitrogens with zero attached hydrogens (tertiary/aromatic N) is 2. The quantitative estimate of drug-likeness (QED) is 0.467. The van der Waals surface area contributed by atoms with Crippen LogP contribution in [0.4, 0.5) is 5.69 Å². The summed E-state index contributed by atoms with van der Waals surface area (Å²) in [5.74, 6) is -0.437. The highest BCUT2D eigenvalue weighted by Gasteiger charge is 2.26. The number of aryl methyl sites for hydroxylation is 1. The fourth-order valence-electron chi connectivity index (χ4n) is 3.55. The lowest BCUT2D eigenvalue weighted by Gasteiger charge is -2.29. The molecule has 0 aromatic heterocycles. The van der Waals surface area contributed by atoms with Gasteiger partial charge in [0, 0.05) is 31.1 Å². The van der Waals surface area contributed by atoms with Crippen LogP contribution in [0.1, 0.15) is 44.2 Å². The molecule has 9 heteroatoms. The molecule has 0 radical (unpaired) electrons. The molecule has 0 aliphatic rings. The molecule has 1 atom stereocenters. The maximum Gasteiger partial charge on any atom is 0.242 e. The van der Waals surface area contributed by atoms with Gasteiger partial charge in [-0.05, 0) is 62.1 Å². The molecule has 1 N–H and O–H groups in total. The van der Waals surface area contributed by atoms with E-state index in [9.17, 15) is 18.0 Å². The highest BCUT2D eigenvalue weighted by molar-refractivity contribution is 7.92. The molecule has 0 saturated carbocycles. The molecule has 0 spiro atoms. The SMILES string of the molecule is CCCNC(=O)C(C)N(Cc1ccc(Cl)cc1)C(=O)CCCN(c1cccc(C)c1)S(C)(=O)=O. The molecule has 0 fully saturated rings. The fraction of sp³-hybridized carbons (Fsp3) is 0.440. The zero-order valence-electron chi connectivity index (χ0n) is 20.3. The first-order chi connectivity index (χ1) is 16.0. The van der Waals surface area contributed by atoms with Crippen LogP contribution >= 0.6 is 11.6 Å². The van der Waals surface area contributed by atoms with Crippen molar-refractivity contribution in [3.8, 4) is 0 Å². The number of halogens is 1. The number of rotatable bonds is 12.